The second-order valence-corrected chi connectivity index (χ2v) is 6.98. The van der Waals surface area contributed by atoms with Crippen LogP contribution in [0.15, 0.2) is 24.3 Å². The Kier molecular flexibility index (Phi) is 11.4. The highest BCUT2D eigenvalue weighted by Crippen LogP contribution is 2.10. The van der Waals surface area contributed by atoms with Gasteiger partial charge in [0.05, 0.1) is 0 Å². The van der Waals surface area contributed by atoms with Crippen molar-refractivity contribution in [1.29, 1.82) is 0 Å². The Morgan fingerprint density at radius 2 is 1.75 bits per heavy atom. The van der Waals surface area contributed by atoms with Crippen LogP contribution in [0.1, 0.15) is 44.0 Å². The van der Waals surface area contributed by atoms with Gasteiger partial charge in [0, 0.05) is 42.4 Å². The summed E-state index contributed by atoms with van der Waals surface area (Å²) < 4.78 is 0. The van der Waals surface area contributed by atoms with Gasteiger partial charge in [-0.15, -0.1) is 0 Å². The Morgan fingerprint density at radius 1 is 1.04 bits per heavy atom. The molecule has 0 saturated carbocycles. The summed E-state index contributed by atoms with van der Waals surface area (Å²) in [5.74, 6) is 2.10. The summed E-state index contributed by atoms with van der Waals surface area (Å²) in [6.45, 7) is 11.6. The maximum Gasteiger partial charge on any atom is 0.251 e. The second kappa shape index (κ2) is 13.1. The first kappa shape index (κ1) is 20.8. The molecule has 1 rings (SSSR count). The number of amides is 1. The molecule has 136 valence electrons. The molecule has 0 aliphatic carbocycles. The van der Waals surface area contributed by atoms with Crippen LogP contribution in [-0.2, 0) is 0 Å². The molecule has 1 aromatic rings. The highest BCUT2D eigenvalue weighted by atomic mass is 32.2. The molecule has 0 aliphatic rings. The second-order valence-electron chi connectivity index (χ2n) is 5.75. The number of rotatable bonds is 13. The van der Waals surface area contributed by atoms with Crippen LogP contribution in [0, 0.1) is 0 Å². The maximum absolute atomic E-state index is 12.1. The van der Waals surface area contributed by atoms with Gasteiger partial charge in [0.15, 0.2) is 0 Å². The van der Waals surface area contributed by atoms with Crippen molar-refractivity contribution >= 4 is 23.4 Å². The fraction of sp³-hybridized carbons (Fsp3) is 0.632. The molecule has 5 heteroatoms. The van der Waals surface area contributed by atoms with E-state index in [1.54, 1.807) is 0 Å². The quantitative estimate of drug-likeness (QED) is 0.532. The molecule has 0 heterocycles. The van der Waals surface area contributed by atoms with E-state index >= 15 is 0 Å². The van der Waals surface area contributed by atoms with Crippen molar-refractivity contribution in [2.45, 2.75) is 33.6 Å². The summed E-state index contributed by atoms with van der Waals surface area (Å²) in [7, 11) is 0. The lowest BCUT2D eigenvalue weighted by atomic mass is 10.2. The average Bonchev–Trinajstić information content (AvgIpc) is 2.62. The van der Waals surface area contributed by atoms with E-state index in [1.807, 2.05) is 36.0 Å². The summed E-state index contributed by atoms with van der Waals surface area (Å²) in [6, 6.07) is 7.72. The van der Waals surface area contributed by atoms with Crippen LogP contribution >= 0.6 is 11.8 Å². The van der Waals surface area contributed by atoms with Crippen LogP contribution in [0.3, 0.4) is 0 Å². The Balaban J connectivity index is 2.18. The van der Waals surface area contributed by atoms with Crippen LogP contribution in [0.5, 0.6) is 0 Å². The Hall–Kier alpha value is -1.20. The molecular formula is C19H33N3OS. The number of anilines is 1. The summed E-state index contributed by atoms with van der Waals surface area (Å²) in [5.41, 5.74) is 1.80. The van der Waals surface area contributed by atoms with Crippen molar-refractivity contribution in [3.05, 3.63) is 29.8 Å². The Bertz CT molecular complexity index is 446. The normalized spacial score (nSPS) is 10.8. The van der Waals surface area contributed by atoms with E-state index in [4.69, 9.17) is 0 Å². The number of nitrogens with zero attached hydrogens (tertiary/aromatic N) is 1. The van der Waals surface area contributed by atoms with Crippen molar-refractivity contribution in [3.8, 4) is 0 Å². The number of thioether (sulfide) groups is 1. The van der Waals surface area contributed by atoms with E-state index in [9.17, 15) is 4.79 Å². The van der Waals surface area contributed by atoms with Crippen LogP contribution < -0.4 is 10.6 Å². The van der Waals surface area contributed by atoms with Crippen molar-refractivity contribution in [2.24, 2.45) is 0 Å². The molecule has 0 bridgehead atoms. The molecule has 1 amide bonds. The van der Waals surface area contributed by atoms with Gasteiger partial charge in [-0.3, -0.25) is 4.79 Å². The first-order valence-corrected chi connectivity index (χ1v) is 10.3. The minimum absolute atomic E-state index is 0.0134. The third-order valence-corrected chi connectivity index (χ3v) is 4.95. The number of hydrogen-bond acceptors (Lipinski definition) is 4. The molecule has 0 radical (unpaired) electrons. The van der Waals surface area contributed by atoms with Gasteiger partial charge in [-0.05, 0) is 43.8 Å². The molecule has 0 atom stereocenters. The molecule has 24 heavy (non-hydrogen) atoms. The lowest BCUT2D eigenvalue weighted by Gasteiger charge is -2.17. The molecule has 0 aromatic heterocycles. The molecule has 0 aliphatic heterocycles. The third-order valence-electron chi connectivity index (χ3n) is 3.98. The van der Waals surface area contributed by atoms with E-state index in [0.717, 1.165) is 61.9 Å². The lowest BCUT2D eigenvalue weighted by molar-refractivity contribution is 0.0956. The van der Waals surface area contributed by atoms with Crippen molar-refractivity contribution in [2.75, 3.05) is 49.5 Å². The van der Waals surface area contributed by atoms with E-state index in [2.05, 4.69) is 36.3 Å². The molecule has 2 N–H and O–H groups in total. The number of carbonyl (C=O) groups excluding carboxylic acids is 1. The predicted molar refractivity (Wildman–Crippen MR) is 107 cm³/mol. The zero-order chi connectivity index (χ0) is 17.6. The van der Waals surface area contributed by atoms with Gasteiger partial charge in [-0.25, -0.2) is 0 Å². The van der Waals surface area contributed by atoms with Gasteiger partial charge in [-0.2, -0.15) is 11.8 Å². The third kappa shape index (κ3) is 8.60. The largest absolute Gasteiger partial charge is 0.385 e. The van der Waals surface area contributed by atoms with Crippen molar-refractivity contribution in [3.63, 3.8) is 0 Å². The first-order chi connectivity index (χ1) is 11.7. The lowest BCUT2D eigenvalue weighted by Crippen LogP contribution is -2.27. The summed E-state index contributed by atoms with van der Waals surface area (Å²) >= 11 is 1.90. The molecule has 4 nitrogen and oxygen atoms in total. The van der Waals surface area contributed by atoms with Gasteiger partial charge in [0.2, 0.25) is 0 Å². The minimum atomic E-state index is 0.0134. The van der Waals surface area contributed by atoms with Crippen LogP contribution in [0.2, 0.25) is 0 Å². The highest BCUT2D eigenvalue weighted by Gasteiger charge is 2.05. The van der Waals surface area contributed by atoms with E-state index < -0.39 is 0 Å². The molecule has 0 spiro atoms. The van der Waals surface area contributed by atoms with Crippen LogP contribution in [0.4, 0.5) is 5.69 Å². The van der Waals surface area contributed by atoms with Crippen molar-refractivity contribution in [1.82, 2.24) is 10.2 Å². The fourth-order valence-electron chi connectivity index (χ4n) is 2.32. The zero-order valence-electron chi connectivity index (χ0n) is 15.4. The van der Waals surface area contributed by atoms with Gasteiger partial charge >= 0.3 is 0 Å². The van der Waals surface area contributed by atoms with Crippen LogP contribution in [0.25, 0.3) is 0 Å². The van der Waals surface area contributed by atoms with Gasteiger partial charge in [-0.1, -0.05) is 27.2 Å². The van der Waals surface area contributed by atoms with Crippen LogP contribution in [-0.4, -0.2) is 55.0 Å². The topological polar surface area (TPSA) is 44.4 Å². The zero-order valence-corrected chi connectivity index (χ0v) is 16.3. The van der Waals surface area contributed by atoms with E-state index in [1.165, 1.54) is 6.42 Å². The standard InChI is InChI=1S/C19H33N3OS/c1-4-7-12-20-18-10-8-17(9-11-18)19(23)21-13-15-24-16-14-22(5-2)6-3/h8-11,20H,4-7,12-16H2,1-3H3,(H,21,23). The first-order valence-electron chi connectivity index (χ1n) is 9.13. The molecule has 0 saturated heterocycles. The average molecular weight is 352 g/mol. The summed E-state index contributed by atoms with van der Waals surface area (Å²) in [6.07, 6.45) is 2.34. The molecule has 0 unspecified atom stereocenters. The van der Waals surface area contributed by atoms with Gasteiger partial charge in [0.1, 0.15) is 0 Å². The summed E-state index contributed by atoms with van der Waals surface area (Å²) in [5, 5.41) is 6.35. The Labute approximate surface area is 151 Å². The number of nitrogens with one attached hydrogen (secondary N) is 2. The van der Waals surface area contributed by atoms with Crippen molar-refractivity contribution < 1.29 is 4.79 Å². The number of carbonyl (C=O) groups is 1. The highest BCUT2D eigenvalue weighted by molar-refractivity contribution is 7.99. The SMILES string of the molecule is CCCCNc1ccc(C(=O)NCCSCCN(CC)CC)cc1. The molecule has 0 fully saturated rings. The molecule has 1 aromatic carbocycles. The number of unbranched alkanes of at least 4 members (excludes halogenated alkanes) is 1. The predicted octanol–water partition coefficient (Wildman–Crippen LogP) is 3.70. The monoisotopic (exact) mass is 351 g/mol. The number of hydrogen-bond donors (Lipinski definition) is 2. The Morgan fingerprint density at radius 3 is 2.38 bits per heavy atom. The van der Waals surface area contributed by atoms with E-state index in [0.29, 0.717) is 0 Å². The van der Waals surface area contributed by atoms with Gasteiger partial charge < -0.3 is 15.5 Å². The van der Waals surface area contributed by atoms with Gasteiger partial charge in [0.25, 0.3) is 5.91 Å². The molecular weight excluding hydrogens is 318 g/mol. The smallest absolute Gasteiger partial charge is 0.251 e. The summed E-state index contributed by atoms with van der Waals surface area (Å²) in [4.78, 5) is 14.5. The fourth-order valence-corrected chi connectivity index (χ4v) is 3.16. The number of benzene rings is 1. The minimum Gasteiger partial charge on any atom is -0.385 e. The maximum atomic E-state index is 12.1. The van der Waals surface area contributed by atoms with E-state index in [-0.39, 0.29) is 5.91 Å².